The minimum Gasteiger partial charge on any atom is -0.494 e. The van der Waals surface area contributed by atoms with Gasteiger partial charge in [-0.3, -0.25) is 9.48 Å². The zero-order chi connectivity index (χ0) is 17.6. The minimum absolute atomic E-state index is 0.0591. The summed E-state index contributed by atoms with van der Waals surface area (Å²) in [5.74, 6) is 0.892. The Kier molecular flexibility index (Phi) is 5.58. The summed E-state index contributed by atoms with van der Waals surface area (Å²) in [6.07, 6.45) is 5.55. The van der Waals surface area contributed by atoms with Gasteiger partial charge in [0.15, 0.2) is 0 Å². The maximum atomic E-state index is 12.4. The molecule has 2 heterocycles. The molecule has 0 spiro atoms. The van der Waals surface area contributed by atoms with Gasteiger partial charge in [0.2, 0.25) is 5.91 Å². The van der Waals surface area contributed by atoms with E-state index < -0.39 is 0 Å². The highest BCUT2D eigenvalue weighted by Gasteiger charge is 2.26. The van der Waals surface area contributed by atoms with Gasteiger partial charge in [-0.25, -0.2) is 0 Å². The van der Waals surface area contributed by atoms with Crippen LogP contribution in [0.1, 0.15) is 19.8 Å². The number of rotatable bonds is 7. The van der Waals surface area contributed by atoms with Crippen LogP contribution in [-0.2, 0) is 11.8 Å². The van der Waals surface area contributed by atoms with Gasteiger partial charge >= 0.3 is 0 Å². The fourth-order valence-corrected chi connectivity index (χ4v) is 3.03. The first-order valence-corrected chi connectivity index (χ1v) is 8.83. The van der Waals surface area contributed by atoms with E-state index in [9.17, 15) is 4.79 Å². The molecule has 1 amide bonds. The Morgan fingerprint density at radius 2 is 2.20 bits per heavy atom. The van der Waals surface area contributed by atoms with Crippen LogP contribution in [0.3, 0.4) is 0 Å². The summed E-state index contributed by atoms with van der Waals surface area (Å²) in [6.45, 7) is 4.29. The monoisotopic (exact) mass is 342 g/mol. The molecular formula is C19H26N4O2. The van der Waals surface area contributed by atoms with Crippen LogP contribution in [0.2, 0.25) is 0 Å². The van der Waals surface area contributed by atoms with E-state index in [1.165, 1.54) is 0 Å². The lowest BCUT2D eigenvalue weighted by molar-refractivity contribution is -0.125. The number of anilines is 1. The lowest BCUT2D eigenvalue weighted by Crippen LogP contribution is -2.40. The van der Waals surface area contributed by atoms with Gasteiger partial charge in [-0.1, -0.05) is 25.1 Å². The van der Waals surface area contributed by atoms with Crippen molar-refractivity contribution in [2.45, 2.75) is 25.8 Å². The number of amides is 1. The molecule has 0 bridgehead atoms. The topological polar surface area (TPSA) is 59.4 Å². The van der Waals surface area contributed by atoms with E-state index in [1.54, 1.807) is 4.68 Å². The first kappa shape index (κ1) is 17.3. The Bertz CT molecular complexity index is 686. The van der Waals surface area contributed by atoms with Gasteiger partial charge in [0.05, 0.1) is 18.5 Å². The van der Waals surface area contributed by atoms with Crippen LogP contribution in [0.15, 0.2) is 42.7 Å². The maximum absolute atomic E-state index is 12.4. The Hall–Kier alpha value is -2.50. The number of aromatic nitrogens is 2. The molecule has 1 N–H and O–H groups in total. The van der Waals surface area contributed by atoms with Crippen molar-refractivity contribution in [1.82, 2.24) is 15.1 Å². The Labute approximate surface area is 148 Å². The Balaban J connectivity index is 1.39. The van der Waals surface area contributed by atoms with Gasteiger partial charge in [-0.2, -0.15) is 5.10 Å². The highest BCUT2D eigenvalue weighted by molar-refractivity contribution is 5.78. The largest absolute Gasteiger partial charge is 0.494 e. The van der Waals surface area contributed by atoms with Crippen molar-refractivity contribution in [3.05, 3.63) is 42.7 Å². The van der Waals surface area contributed by atoms with E-state index in [0.717, 1.165) is 30.9 Å². The molecule has 3 rings (SSSR count). The molecule has 1 fully saturated rings. The smallest absolute Gasteiger partial charge is 0.223 e. The molecule has 0 saturated carbocycles. The molecule has 0 aliphatic carbocycles. The normalized spacial score (nSPS) is 18.2. The predicted octanol–water partition coefficient (Wildman–Crippen LogP) is 2.22. The third-order valence-electron chi connectivity index (χ3n) is 4.60. The lowest BCUT2D eigenvalue weighted by Gasteiger charge is -2.19. The number of para-hydroxylation sites is 1. The average Bonchev–Trinajstić information content (AvgIpc) is 3.24. The molecule has 2 atom stereocenters. The van der Waals surface area contributed by atoms with E-state index in [4.69, 9.17) is 4.74 Å². The Morgan fingerprint density at radius 3 is 2.92 bits per heavy atom. The van der Waals surface area contributed by atoms with Crippen molar-refractivity contribution in [2.24, 2.45) is 13.0 Å². The van der Waals surface area contributed by atoms with Crippen molar-refractivity contribution in [3.8, 4) is 5.75 Å². The van der Waals surface area contributed by atoms with Crippen molar-refractivity contribution >= 4 is 11.6 Å². The van der Waals surface area contributed by atoms with Gasteiger partial charge in [0.25, 0.3) is 0 Å². The van der Waals surface area contributed by atoms with Gasteiger partial charge < -0.3 is 15.0 Å². The number of aryl methyl sites for hydroxylation is 1. The van der Waals surface area contributed by atoms with Crippen molar-refractivity contribution < 1.29 is 9.53 Å². The molecule has 1 aromatic carbocycles. The molecule has 134 valence electrons. The van der Waals surface area contributed by atoms with Crippen LogP contribution >= 0.6 is 0 Å². The molecule has 1 aliphatic heterocycles. The fraction of sp³-hybridized carbons (Fsp3) is 0.474. The van der Waals surface area contributed by atoms with Crippen molar-refractivity contribution in [3.63, 3.8) is 0 Å². The van der Waals surface area contributed by atoms with Gasteiger partial charge in [-0.15, -0.1) is 0 Å². The number of nitrogens with zero attached hydrogens (tertiary/aromatic N) is 3. The summed E-state index contributed by atoms with van der Waals surface area (Å²) in [7, 11) is 1.91. The molecule has 0 radical (unpaired) electrons. The highest BCUT2D eigenvalue weighted by atomic mass is 16.5. The fourth-order valence-electron chi connectivity index (χ4n) is 3.03. The average molecular weight is 342 g/mol. The summed E-state index contributed by atoms with van der Waals surface area (Å²) >= 11 is 0. The first-order chi connectivity index (χ1) is 12.1. The van der Waals surface area contributed by atoms with Crippen LogP contribution in [0.5, 0.6) is 5.75 Å². The van der Waals surface area contributed by atoms with Crippen LogP contribution in [0.4, 0.5) is 5.69 Å². The second kappa shape index (κ2) is 8.05. The third kappa shape index (κ3) is 4.75. The number of hydrogen-bond donors (Lipinski definition) is 1. The second-order valence-electron chi connectivity index (χ2n) is 6.66. The molecule has 1 aromatic heterocycles. The zero-order valence-corrected chi connectivity index (χ0v) is 14.9. The minimum atomic E-state index is -0.0591. The quantitative estimate of drug-likeness (QED) is 0.838. The van der Waals surface area contributed by atoms with Gasteiger partial charge in [0.1, 0.15) is 5.75 Å². The van der Waals surface area contributed by atoms with E-state index in [1.807, 2.05) is 56.7 Å². The van der Waals surface area contributed by atoms with Crippen LogP contribution in [-0.4, -0.2) is 41.4 Å². The van der Waals surface area contributed by atoms with Gasteiger partial charge in [0, 0.05) is 38.3 Å². The summed E-state index contributed by atoms with van der Waals surface area (Å²) < 4.78 is 7.48. The second-order valence-corrected chi connectivity index (χ2v) is 6.66. The maximum Gasteiger partial charge on any atom is 0.223 e. The number of carbonyl (C=O) groups excluding carboxylic acids is 1. The predicted molar refractivity (Wildman–Crippen MR) is 97.7 cm³/mol. The zero-order valence-electron chi connectivity index (χ0n) is 14.9. The molecule has 2 aromatic rings. The molecule has 6 heteroatoms. The summed E-state index contributed by atoms with van der Waals surface area (Å²) in [6, 6.07) is 9.90. The van der Waals surface area contributed by atoms with E-state index in [0.29, 0.717) is 13.0 Å². The molecule has 6 nitrogen and oxygen atoms in total. The number of ether oxygens (including phenoxy) is 1. The standard InChI is InChI=1S/C19H26N4O2/c1-15(9-11-25-18-6-4-3-5-7-18)19(24)21-16-8-10-23(13-16)17-12-20-22(2)14-17/h3-7,12,14-16H,8-11,13H2,1-2H3,(H,21,24). The summed E-state index contributed by atoms with van der Waals surface area (Å²) in [4.78, 5) is 14.7. The number of carbonyl (C=O) groups is 1. The molecular weight excluding hydrogens is 316 g/mol. The number of nitrogens with one attached hydrogen (secondary N) is 1. The van der Waals surface area contributed by atoms with Crippen molar-refractivity contribution in [2.75, 3.05) is 24.6 Å². The van der Waals surface area contributed by atoms with Crippen LogP contribution in [0.25, 0.3) is 0 Å². The summed E-state index contributed by atoms with van der Waals surface area (Å²) in [5, 5.41) is 7.38. The third-order valence-corrected chi connectivity index (χ3v) is 4.60. The SMILES string of the molecule is CC(CCOc1ccccc1)C(=O)NC1CCN(c2cnn(C)c2)C1. The highest BCUT2D eigenvalue weighted by Crippen LogP contribution is 2.19. The molecule has 25 heavy (non-hydrogen) atoms. The first-order valence-electron chi connectivity index (χ1n) is 8.83. The van der Waals surface area contributed by atoms with E-state index in [2.05, 4.69) is 15.3 Å². The molecule has 2 unspecified atom stereocenters. The van der Waals surface area contributed by atoms with Gasteiger partial charge in [-0.05, 0) is 25.0 Å². The summed E-state index contributed by atoms with van der Waals surface area (Å²) in [5.41, 5.74) is 1.11. The lowest BCUT2D eigenvalue weighted by atomic mass is 10.1. The Morgan fingerprint density at radius 1 is 1.40 bits per heavy atom. The van der Waals surface area contributed by atoms with Crippen LogP contribution < -0.4 is 15.0 Å². The molecule has 1 aliphatic rings. The van der Waals surface area contributed by atoms with E-state index in [-0.39, 0.29) is 17.9 Å². The number of hydrogen-bond acceptors (Lipinski definition) is 4. The molecule has 1 saturated heterocycles. The van der Waals surface area contributed by atoms with E-state index >= 15 is 0 Å². The van der Waals surface area contributed by atoms with Crippen molar-refractivity contribution in [1.29, 1.82) is 0 Å². The van der Waals surface area contributed by atoms with Crippen LogP contribution in [0, 0.1) is 5.92 Å². The number of benzene rings is 1.